The Morgan fingerprint density at radius 1 is 1.40 bits per heavy atom. The fourth-order valence-electron chi connectivity index (χ4n) is 2.51. The van der Waals surface area contributed by atoms with Gasteiger partial charge in [-0.25, -0.2) is 0 Å². The van der Waals surface area contributed by atoms with Crippen LogP contribution >= 0.6 is 0 Å². The Labute approximate surface area is 122 Å². The predicted octanol–water partition coefficient (Wildman–Crippen LogP) is 3.74. The first-order valence-corrected chi connectivity index (χ1v) is 7.75. The maximum atomic E-state index is 12.3. The molecule has 1 aliphatic rings. The van der Waals surface area contributed by atoms with Crippen molar-refractivity contribution in [3.05, 3.63) is 29.3 Å². The topological polar surface area (TPSA) is 41.1 Å². The van der Waals surface area contributed by atoms with Gasteiger partial charge < -0.3 is 10.6 Å². The second kappa shape index (κ2) is 6.78. The molecule has 1 fully saturated rings. The van der Waals surface area contributed by atoms with Gasteiger partial charge in [0.15, 0.2) is 0 Å². The molecular formula is C17H26N2O. The van der Waals surface area contributed by atoms with Crippen LogP contribution in [-0.4, -0.2) is 18.5 Å². The molecule has 1 aromatic carbocycles. The molecule has 3 nitrogen and oxygen atoms in total. The van der Waals surface area contributed by atoms with Crippen molar-refractivity contribution >= 4 is 11.6 Å². The van der Waals surface area contributed by atoms with Crippen molar-refractivity contribution in [2.24, 2.45) is 5.92 Å². The molecule has 0 bridgehead atoms. The van der Waals surface area contributed by atoms with E-state index in [2.05, 4.69) is 30.5 Å². The second-order valence-corrected chi connectivity index (χ2v) is 6.01. The first-order valence-electron chi connectivity index (χ1n) is 7.75. The average Bonchev–Trinajstić information content (AvgIpc) is 3.19. The van der Waals surface area contributed by atoms with Gasteiger partial charge >= 0.3 is 0 Å². The minimum atomic E-state index is 0.0534. The quantitative estimate of drug-likeness (QED) is 0.795. The van der Waals surface area contributed by atoms with Crippen LogP contribution in [0.4, 0.5) is 5.69 Å². The van der Waals surface area contributed by atoms with Crippen LogP contribution in [0.1, 0.15) is 55.5 Å². The Balaban J connectivity index is 1.94. The van der Waals surface area contributed by atoms with Gasteiger partial charge in [-0.15, -0.1) is 0 Å². The normalized spacial score (nSPS) is 15.8. The standard InChI is InChI=1S/C17H26N2O/c1-4-9-18-15-7-8-16(12(2)10-15)17(20)19-13(3)11-14-5-6-14/h7-8,10,13-14,18H,4-6,9,11H2,1-3H3,(H,19,20). The minimum Gasteiger partial charge on any atom is -0.385 e. The van der Waals surface area contributed by atoms with Crippen LogP contribution in [-0.2, 0) is 0 Å². The summed E-state index contributed by atoms with van der Waals surface area (Å²) in [6, 6.07) is 6.23. The minimum absolute atomic E-state index is 0.0534. The van der Waals surface area contributed by atoms with Crippen LogP contribution in [0.25, 0.3) is 0 Å². The highest BCUT2D eigenvalue weighted by Gasteiger charge is 2.24. The van der Waals surface area contributed by atoms with E-state index in [4.69, 9.17) is 0 Å². The number of carbonyl (C=O) groups excluding carboxylic acids is 1. The number of anilines is 1. The van der Waals surface area contributed by atoms with Crippen molar-refractivity contribution in [1.82, 2.24) is 5.32 Å². The van der Waals surface area contributed by atoms with Crippen LogP contribution in [0.3, 0.4) is 0 Å². The molecule has 0 aromatic heterocycles. The number of hydrogen-bond donors (Lipinski definition) is 2. The van der Waals surface area contributed by atoms with Crippen LogP contribution in [0.5, 0.6) is 0 Å². The van der Waals surface area contributed by atoms with Crippen LogP contribution in [0.2, 0.25) is 0 Å². The fourth-order valence-corrected chi connectivity index (χ4v) is 2.51. The van der Waals surface area contributed by atoms with Crippen LogP contribution < -0.4 is 10.6 Å². The zero-order valence-electron chi connectivity index (χ0n) is 12.8. The number of carbonyl (C=O) groups is 1. The Kier molecular flexibility index (Phi) is 5.05. The monoisotopic (exact) mass is 274 g/mol. The first-order chi connectivity index (χ1) is 9.60. The molecule has 1 amide bonds. The van der Waals surface area contributed by atoms with Crippen molar-refractivity contribution in [1.29, 1.82) is 0 Å². The molecule has 1 aromatic rings. The molecule has 1 atom stereocenters. The lowest BCUT2D eigenvalue weighted by atomic mass is 10.1. The predicted molar refractivity (Wildman–Crippen MR) is 84.2 cm³/mol. The molecule has 20 heavy (non-hydrogen) atoms. The van der Waals surface area contributed by atoms with Crippen molar-refractivity contribution in [3.8, 4) is 0 Å². The largest absolute Gasteiger partial charge is 0.385 e. The van der Waals surface area contributed by atoms with Gasteiger partial charge in [0.1, 0.15) is 0 Å². The molecule has 0 aliphatic heterocycles. The molecule has 3 heteroatoms. The third kappa shape index (κ3) is 4.26. The van der Waals surface area contributed by atoms with E-state index in [0.717, 1.165) is 42.1 Å². The van der Waals surface area contributed by atoms with E-state index in [9.17, 15) is 4.79 Å². The zero-order valence-corrected chi connectivity index (χ0v) is 12.8. The zero-order chi connectivity index (χ0) is 14.5. The smallest absolute Gasteiger partial charge is 0.251 e. The summed E-state index contributed by atoms with van der Waals surface area (Å²) in [6.45, 7) is 7.20. The van der Waals surface area contributed by atoms with Gasteiger partial charge in [-0.3, -0.25) is 4.79 Å². The number of hydrogen-bond acceptors (Lipinski definition) is 2. The van der Waals surface area contributed by atoms with Gasteiger partial charge in [-0.2, -0.15) is 0 Å². The van der Waals surface area contributed by atoms with Gasteiger partial charge in [-0.05, 0) is 56.4 Å². The van der Waals surface area contributed by atoms with Crippen LogP contribution in [0.15, 0.2) is 18.2 Å². The summed E-state index contributed by atoms with van der Waals surface area (Å²) in [5.41, 5.74) is 2.91. The Hall–Kier alpha value is -1.51. The summed E-state index contributed by atoms with van der Waals surface area (Å²) in [5.74, 6) is 0.893. The van der Waals surface area contributed by atoms with Gasteiger partial charge in [0.2, 0.25) is 0 Å². The van der Waals surface area contributed by atoms with E-state index >= 15 is 0 Å². The molecular weight excluding hydrogens is 248 g/mol. The third-order valence-electron chi connectivity index (χ3n) is 3.81. The Morgan fingerprint density at radius 3 is 2.75 bits per heavy atom. The van der Waals surface area contributed by atoms with Crippen molar-refractivity contribution in [2.75, 3.05) is 11.9 Å². The summed E-state index contributed by atoms with van der Waals surface area (Å²) in [5, 5.41) is 6.46. The van der Waals surface area contributed by atoms with E-state index in [-0.39, 0.29) is 11.9 Å². The van der Waals surface area contributed by atoms with Gasteiger partial charge in [0, 0.05) is 23.8 Å². The summed E-state index contributed by atoms with van der Waals surface area (Å²) in [6.07, 6.45) is 4.87. The van der Waals surface area contributed by atoms with Gasteiger partial charge in [0.25, 0.3) is 5.91 Å². The highest BCUT2D eigenvalue weighted by atomic mass is 16.1. The van der Waals surface area contributed by atoms with Crippen molar-refractivity contribution in [2.45, 2.75) is 52.5 Å². The Morgan fingerprint density at radius 2 is 2.15 bits per heavy atom. The molecule has 1 aliphatic carbocycles. The maximum Gasteiger partial charge on any atom is 0.251 e. The lowest BCUT2D eigenvalue weighted by molar-refractivity contribution is 0.0937. The number of aryl methyl sites for hydroxylation is 1. The van der Waals surface area contributed by atoms with E-state index < -0.39 is 0 Å². The number of amides is 1. The first kappa shape index (κ1) is 14.9. The van der Waals surface area contributed by atoms with Crippen molar-refractivity contribution < 1.29 is 4.79 Å². The summed E-state index contributed by atoms with van der Waals surface area (Å²) in [4.78, 5) is 12.3. The highest BCUT2D eigenvalue weighted by molar-refractivity contribution is 5.96. The lowest BCUT2D eigenvalue weighted by Crippen LogP contribution is -2.33. The molecule has 0 heterocycles. The summed E-state index contributed by atoms with van der Waals surface area (Å²) < 4.78 is 0. The molecule has 1 saturated carbocycles. The van der Waals surface area contributed by atoms with E-state index in [1.54, 1.807) is 0 Å². The number of benzene rings is 1. The molecule has 0 spiro atoms. The molecule has 2 N–H and O–H groups in total. The number of rotatable bonds is 7. The van der Waals surface area contributed by atoms with E-state index in [1.807, 2.05) is 19.1 Å². The van der Waals surface area contributed by atoms with Gasteiger partial charge in [0.05, 0.1) is 0 Å². The molecule has 2 rings (SSSR count). The summed E-state index contributed by atoms with van der Waals surface area (Å²) >= 11 is 0. The molecule has 110 valence electrons. The van der Waals surface area contributed by atoms with E-state index in [1.165, 1.54) is 12.8 Å². The Bertz CT molecular complexity index is 466. The van der Waals surface area contributed by atoms with Gasteiger partial charge in [-0.1, -0.05) is 19.8 Å². The molecule has 0 radical (unpaired) electrons. The van der Waals surface area contributed by atoms with Crippen molar-refractivity contribution in [3.63, 3.8) is 0 Å². The molecule has 0 saturated heterocycles. The average molecular weight is 274 g/mol. The molecule has 1 unspecified atom stereocenters. The number of nitrogens with one attached hydrogen (secondary N) is 2. The second-order valence-electron chi connectivity index (χ2n) is 6.01. The SMILES string of the molecule is CCCNc1ccc(C(=O)NC(C)CC2CC2)c(C)c1. The fraction of sp³-hybridized carbons (Fsp3) is 0.588. The summed E-state index contributed by atoms with van der Waals surface area (Å²) in [7, 11) is 0. The highest BCUT2D eigenvalue weighted by Crippen LogP contribution is 2.33. The van der Waals surface area contributed by atoms with Crippen LogP contribution in [0, 0.1) is 12.8 Å². The maximum absolute atomic E-state index is 12.3. The lowest BCUT2D eigenvalue weighted by Gasteiger charge is -2.15. The van der Waals surface area contributed by atoms with E-state index in [0.29, 0.717) is 0 Å². The third-order valence-corrected chi connectivity index (χ3v) is 3.81.